The summed E-state index contributed by atoms with van der Waals surface area (Å²) >= 11 is 5.97. The van der Waals surface area contributed by atoms with Gasteiger partial charge in [-0.05, 0) is 44.5 Å². The van der Waals surface area contributed by atoms with Crippen LogP contribution in [0.3, 0.4) is 0 Å². The van der Waals surface area contributed by atoms with E-state index in [2.05, 4.69) is 5.32 Å². The molecule has 0 amide bonds. The lowest BCUT2D eigenvalue weighted by Gasteiger charge is -2.34. The first-order valence-electron chi connectivity index (χ1n) is 5.92. The van der Waals surface area contributed by atoms with Gasteiger partial charge in [0.05, 0.1) is 5.41 Å². The van der Waals surface area contributed by atoms with Crippen LogP contribution in [0.5, 0.6) is 0 Å². The van der Waals surface area contributed by atoms with Crippen molar-refractivity contribution >= 4 is 17.6 Å². The minimum absolute atomic E-state index is 0.148. The Morgan fingerprint density at radius 3 is 2.67 bits per heavy atom. The molecule has 0 unspecified atom stereocenters. The molecule has 2 rings (SSSR count). The molecule has 1 aromatic carbocycles. The number of rotatable bonds is 3. The number of benzene rings is 1. The van der Waals surface area contributed by atoms with E-state index in [-0.39, 0.29) is 6.42 Å². The maximum atomic E-state index is 13.7. The van der Waals surface area contributed by atoms with Gasteiger partial charge < -0.3 is 10.4 Å². The Bertz CT molecular complexity index is 438. The number of halogens is 2. The van der Waals surface area contributed by atoms with Crippen molar-refractivity contribution in [1.82, 2.24) is 5.32 Å². The maximum Gasteiger partial charge on any atom is 0.310 e. The van der Waals surface area contributed by atoms with Gasteiger partial charge in [-0.15, -0.1) is 0 Å². The van der Waals surface area contributed by atoms with E-state index in [0.717, 1.165) is 0 Å². The molecule has 1 aliphatic heterocycles. The van der Waals surface area contributed by atoms with E-state index in [4.69, 9.17) is 11.6 Å². The van der Waals surface area contributed by atoms with Crippen LogP contribution in [-0.2, 0) is 11.2 Å². The first-order valence-corrected chi connectivity index (χ1v) is 6.30. The van der Waals surface area contributed by atoms with E-state index < -0.39 is 17.2 Å². The predicted molar refractivity (Wildman–Crippen MR) is 67.3 cm³/mol. The highest BCUT2D eigenvalue weighted by molar-refractivity contribution is 6.31. The Kier molecular flexibility index (Phi) is 3.88. The highest BCUT2D eigenvalue weighted by Crippen LogP contribution is 2.36. The van der Waals surface area contributed by atoms with Crippen molar-refractivity contribution in [2.24, 2.45) is 5.41 Å². The third-order valence-corrected chi connectivity index (χ3v) is 3.95. The van der Waals surface area contributed by atoms with Gasteiger partial charge in [0.1, 0.15) is 5.82 Å². The second-order valence-electron chi connectivity index (χ2n) is 4.71. The van der Waals surface area contributed by atoms with Gasteiger partial charge in [0.25, 0.3) is 0 Å². The van der Waals surface area contributed by atoms with Crippen LogP contribution in [0.2, 0.25) is 5.02 Å². The standard InChI is InChI=1S/C13H15ClFNO2/c14-10-2-1-3-11(15)9(10)8-13(12(17)18)4-6-16-7-5-13/h1-3,16H,4-8H2,(H,17,18). The molecule has 0 bridgehead atoms. The van der Waals surface area contributed by atoms with Gasteiger partial charge in [0.2, 0.25) is 0 Å². The highest BCUT2D eigenvalue weighted by Gasteiger charge is 2.40. The lowest BCUT2D eigenvalue weighted by molar-refractivity contribution is -0.150. The summed E-state index contributed by atoms with van der Waals surface area (Å²) in [5.74, 6) is -1.30. The summed E-state index contributed by atoms with van der Waals surface area (Å²) < 4.78 is 13.7. The summed E-state index contributed by atoms with van der Waals surface area (Å²) in [6.07, 6.45) is 1.13. The molecular formula is C13H15ClFNO2. The van der Waals surface area contributed by atoms with E-state index in [1.54, 1.807) is 6.07 Å². The molecule has 0 atom stereocenters. The van der Waals surface area contributed by atoms with Gasteiger partial charge in [-0.25, -0.2) is 4.39 Å². The molecule has 0 aliphatic carbocycles. The maximum absolute atomic E-state index is 13.7. The largest absolute Gasteiger partial charge is 0.481 e. The first kappa shape index (κ1) is 13.3. The fraction of sp³-hybridized carbons (Fsp3) is 0.462. The smallest absolute Gasteiger partial charge is 0.310 e. The summed E-state index contributed by atoms with van der Waals surface area (Å²) in [6.45, 7) is 1.27. The first-order chi connectivity index (χ1) is 8.55. The summed E-state index contributed by atoms with van der Waals surface area (Å²) in [6, 6.07) is 4.44. The summed E-state index contributed by atoms with van der Waals surface area (Å²) in [5.41, 5.74) is -0.597. The van der Waals surface area contributed by atoms with Crippen LogP contribution in [0.1, 0.15) is 18.4 Å². The van der Waals surface area contributed by atoms with Gasteiger partial charge in [-0.3, -0.25) is 4.79 Å². The van der Waals surface area contributed by atoms with E-state index >= 15 is 0 Å². The van der Waals surface area contributed by atoms with Crippen LogP contribution < -0.4 is 5.32 Å². The Morgan fingerprint density at radius 1 is 1.44 bits per heavy atom. The normalized spacial score (nSPS) is 18.6. The Hall–Kier alpha value is -1.13. The molecule has 1 aliphatic rings. The minimum atomic E-state index is -0.906. The zero-order valence-electron chi connectivity index (χ0n) is 9.88. The monoisotopic (exact) mass is 271 g/mol. The van der Waals surface area contributed by atoms with E-state index in [1.807, 2.05) is 0 Å². The number of aliphatic carboxylic acids is 1. The quantitative estimate of drug-likeness (QED) is 0.888. The number of carbonyl (C=O) groups is 1. The van der Waals surface area contributed by atoms with Crippen LogP contribution >= 0.6 is 11.6 Å². The van der Waals surface area contributed by atoms with Crippen molar-refractivity contribution in [3.05, 3.63) is 34.6 Å². The topological polar surface area (TPSA) is 49.3 Å². The molecule has 0 aromatic heterocycles. The number of nitrogens with one attached hydrogen (secondary N) is 1. The second kappa shape index (κ2) is 5.24. The van der Waals surface area contributed by atoms with Crippen molar-refractivity contribution in [2.45, 2.75) is 19.3 Å². The lowest BCUT2D eigenvalue weighted by atomic mass is 9.74. The Morgan fingerprint density at radius 2 is 2.11 bits per heavy atom. The molecule has 0 radical (unpaired) electrons. The molecule has 1 aromatic rings. The third kappa shape index (κ3) is 2.49. The van der Waals surface area contributed by atoms with Crippen molar-refractivity contribution in [2.75, 3.05) is 13.1 Å². The van der Waals surface area contributed by atoms with E-state index in [1.165, 1.54) is 12.1 Å². The molecule has 0 spiro atoms. The average Bonchev–Trinajstić information content (AvgIpc) is 2.35. The summed E-state index contributed by atoms with van der Waals surface area (Å²) in [4.78, 5) is 11.5. The fourth-order valence-corrected chi connectivity index (χ4v) is 2.64. The van der Waals surface area contributed by atoms with Crippen molar-refractivity contribution in [3.8, 4) is 0 Å². The Labute approximate surface area is 110 Å². The van der Waals surface area contributed by atoms with Crippen molar-refractivity contribution in [3.63, 3.8) is 0 Å². The van der Waals surface area contributed by atoms with Crippen molar-refractivity contribution in [1.29, 1.82) is 0 Å². The number of piperidine rings is 1. The number of carboxylic acids is 1. The molecule has 98 valence electrons. The predicted octanol–water partition coefficient (Wildman–Crippen LogP) is 2.48. The zero-order valence-corrected chi connectivity index (χ0v) is 10.6. The van der Waals surface area contributed by atoms with Crippen molar-refractivity contribution < 1.29 is 14.3 Å². The summed E-state index contributed by atoms with van der Waals surface area (Å²) in [7, 11) is 0. The number of hydrogen-bond donors (Lipinski definition) is 2. The Balaban J connectivity index is 2.32. The molecule has 1 heterocycles. The van der Waals surface area contributed by atoms with Gasteiger partial charge in [-0.2, -0.15) is 0 Å². The molecule has 3 nitrogen and oxygen atoms in total. The molecular weight excluding hydrogens is 257 g/mol. The fourth-order valence-electron chi connectivity index (χ4n) is 2.41. The van der Waals surface area contributed by atoms with Crippen LogP contribution in [0.4, 0.5) is 4.39 Å². The molecule has 18 heavy (non-hydrogen) atoms. The van der Waals surface area contributed by atoms with Crippen LogP contribution in [-0.4, -0.2) is 24.2 Å². The SMILES string of the molecule is O=C(O)C1(Cc2c(F)cccc2Cl)CCNCC1. The highest BCUT2D eigenvalue weighted by atomic mass is 35.5. The van der Waals surface area contributed by atoms with Crippen LogP contribution in [0, 0.1) is 11.2 Å². The molecule has 2 N–H and O–H groups in total. The number of carboxylic acid groups (broad SMARTS) is 1. The second-order valence-corrected chi connectivity index (χ2v) is 5.12. The molecule has 1 fully saturated rings. The van der Waals surface area contributed by atoms with Gasteiger partial charge >= 0.3 is 5.97 Å². The molecule has 1 saturated heterocycles. The average molecular weight is 272 g/mol. The van der Waals surface area contributed by atoms with Crippen LogP contribution in [0.25, 0.3) is 0 Å². The van der Waals surface area contributed by atoms with Gasteiger partial charge in [0.15, 0.2) is 0 Å². The van der Waals surface area contributed by atoms with Gasteiger partial charge in [0, 0.05) is 10.6 Å². The van der Waals surface area contributed by atoms with Crippen LogP contribution in [0.15, 0.2) is 18.2 Å². The minimum Gasteiger partial charge on any atom is -0.481 e. The van der Waals surface area contributed by atoms with E-state index in [0.29, 0.717) is 36.5 Å². The summed E-state index contributed by atoms with van der Waals surface area (Å²) in [5, 5.41) is 12.9. The number of hydrogen-bond acceptors (Lipinski definition) is 2. The lowest BCUT2D eigenvalue weighted by Crippen LogP contribution is -2.43. The third-order valence-electron chi connectivity index (χ3n) is 3.59. The zero-order chi connectivity index (χ0) is 13.2. The van der Waals surface area contributed by atoms with Gasteiger partial charge in [-0.1, -0.05) is 17.7 Å². The molecule has 0 saturated carbocycles. The van der Waals surface area contributed by atoms with E-state index in [9.17, 15) is 14.3 Å². The molecule has 5 heteroatoms.